The molecule has 2 N–H and O–H groups in total. The minimum Gasteiger partial charge on any atom is -2.00 e. The van der Waals surface area contributed by atoms with E-state index >= 15 is 0 Å². The Morgan fingerprint density at radius 2 is 0.750 bits per heavy atom. The largest absolute Gasteiger partial charge is 2.00 e. The van der Waals surface area contributed by atoms with Gasteiger partial charge in [0.15, 0.2) is 0 Å². The molecule has 0 aliphatic heterocycles. The first-order valence-corrected chi connectivity index (χ1v) is 0. The summed E-state index contributed by atoms with van der Waals surface area (Å²) in [6.07, 6.45) is 0. The van der Waals surface area contributed by atoms with Gasteiger partial charge in [-0.1, -0.05) is 0 Å². The third-order valence-electron chi connectivity index (χ3n) is 0. The molecule has 0 aromatic heterocycles. The zero-order valence-electron chi connectivity index (χ0n) is 2.91. The summed E-state index contributed by atoms with van der Waals surface area (Å²) in [4.78, 5) is 0. The third-order valence-corrected chi connectivity index (χ3v) is 0. The molecule has 2 nitrogen and oxygen atoms in total. The van der Waals surface area contributed by atoms with Crippen molar-refractivity contribution >= 4 is 0 Å². The molecule has 4 heavy (non-hydrogen) atoms. The van der Waals surface area contributed by atoms with Gasteiger partial charge in [-0.15, -0.1) is 0 Å². The average Bonchev–Trinajstić information content (AvgIpc) is 0. The van der Waals surface area contributed by atoms with Gasteiger partial charge in [0.2, 0.25) is 0 Å². The van der Waals surface area contributed by atoms with Crippen LogP contribution in [0.1, 0.15) is 0 Å². The molecule has 0 radical (unpaired) electrons. The summed E-state index contributed by atoms with van der Waals surface area (Å²) in [6.45, 7) is 0. The third kappa shape index (κ3) is 9.11. The molecule has 4 heteroatoms. The van der Waals surface area contributed by atoms with Crippen molar-refractivity contribution in [3.05, 3.63) is 0 Å². The van der Waals surface area contributed by atoms with Gasteiger partial charge in [0, 0.05) is 0 Å². The van der Waals surface area contributed by atoms with Gasteiger partial charge in [0.05, 0.1) is 0 Å². The molecule has 0 fully saturated rings. The molecule has 0 unspecified atom stereocenters. The molecule has 0 aromatic carbocycles. The monoisotopic (exact) mass is 204 g/mol. The van der Waals surface area contributed by atoms with Gasteiger partial charge < -0.3 is 11.0 Å². The minimum atomic E-state index is 0. The number of hydrogen-bond donors (Lipinski definition) is 0. The SMILES string of the molecule is O.[O-2].[Rb+].[Rb+]. The maximum atomic E-state index is 0. The fourth-order valence-electron chi connectivity index (χ4n) is 0. The van der Waals surface area contributed by atoms with Gasteiger partial charge >= 0.3 is 116 Å². The second-order valence-corrected chi connectivity index (χ2v) is 0. The summed E-state index contributed by atoms with van der Waals surface area (Å²) in [5.74, 6) is 0. The van der Waals surface area contributed by atoms with Crippen molar-refractivity contribution in [2.75, 3.05) is 0 Å². The molecule has 16 valence electrons. The van der Waals surface area contributed by atoms with Crippen LogP contribution in [0.4, 0.5) is 0 Å². The Labute approximate surface area is 123 Å². The Morgan fingerprint density at radius 3 is 0.750 bits per heavy atom. The smallest absolute Gasteiger partial charge is 1.00 e. The zero-order valence-corrected chi connectivity index (χ0v) is 12.7. The molecule has 0 atom stereocenters. The maximum Gasteiger partial charge on any atom is 1.00 e. The predicted molar refractivity (Wildman–Crippen MR) is 4.30 cm³/mol. The van der Waals surface area contributed by atoms with Gasteiger partial charge in [0.1, 0.15) is 0 Å². The van der Waals surface area contributed by atoms with Crippen LogP contribution in [0, 0.1) is 0 Å². The number of hydrogen-bond acceptors (Lipinski definition) is 0. The van der Waals surface area contributed by atoms with Crippen LogP contribution < -0.4 is 116 Å². The van der Waals surface area contributed by atoms with E-state index in [4.69, 9.17) is 0 Å². The average molecular weight is 205 g/mol. The fraction of sp³-hybridized carbons (Fsp3) is 0. The Kier molecular flexibility index (Phi) is 103. The van der Waals surface area contributed by atoms with Gasteiger partial charge in [0.25, 0.3) is 0 Å². The molecule has 0 amide bonds. The van der Waals surface area contributed by atoms with Gasteiger partial charge in [-0.3, -0.25) is 0 Å². The molecule has 0 aliphatic rings. The molecule has 0 spiro atoms. The molecule has 0 bridgehead atoms. The van der Waals surface area contributed by atoms with Crippen molar-refractivity contribution in [1.82, 2.24) is 0 Å². The van der Waals surface area contributed by atoms with Crippen molar-refractivity contribution in [3.8, 4) is 0 Å². The first kappa shape index (κ1) is 25.8. The zero-order chi connectivity index (χ0) is 0. The Bertz CT molecular complexity index is 4.00. The predicted octanol–water partition coefficient (Wildman–Crippen LogP) is -6.94. The Balaban J connectivity index is 0. The topological polar surface area (TPSA) is 60.0 Å². The summed E-state index contributed by atoms with van der Waals surface area (Å²) < 4.78 is 0. The fourth-order valence-corrected chi connectivity index (χ4v) is 0. The second kappa shape index (κ2) is 16.0. The first-order valence-electron chi connectivity index (χ1n) is 0. The standard InChI is InChI=1S/H2O.O.2Rb/h1H2;;;/q;-2;2*+1. The van der Waals surface area contributed by atoms with E-state index in [2.05, 4.69) is 0 Å². The molecule has 0 aromatic rings. The van der Waals surface area contributed by atoms with Crippen molar-refractivity contribution in [2.24, 2.45) is 0 Å². The summed E-state index contributed by atoms with van der Waals surface area (Å²) in [5, 5.41) is 0. The molecular weight excluding hydrogens is 203 g/mol. The van der Waals surface area contributed by atoms with E-state index in [1.807, 2.05) is 0 Å². The van der Waals surface area contributed by atoms with Crippen LogP contribution in [0.5, 0.6) is 0 Å². The van der Waals surface area contributed by atoms with E-state index in [9.17, 15) is 0 Å². The van der Waals surface area contributed by atoms with Crippen molar-refractivity contribution in [2.45, 2.75) is 0 Å². The maximum absolute atomic E-state index is 0. The Hall–Kier alpha value is 3.53. The normalized spacial score (nSPS) is 0. The van der Waals surface area contributed by atoms with E-state index < -0.39 is 0 Å². The molecular formula is H2O2Rb2. The van der Waals surface area contributed by atoms with E-state index in [0.717, 1.165) is 0 Å². The molecule has 0 saturated heterocycles. The van der Waals surface area contributed by atoms with Gasteiger partial charge in [-0.25, -0.2) is 0 Å². The summed E-state index contributed by atoms with van der Waals surface area (Å²) in [5.41, 5.74) is 0. The summed E-state index contributed by atoms with van der Waals surface area (Å²) in [7, 11) is 0. The summed E-state index contributed by atoms with van der Waals surface area (Å²) >= 11 is 0. The van der Waals surface area contributed by atoms with Crippen LogP contribution in [0.3, 0.4) is 0 Å². The van der Waals surface area contributed by atoms with Gasteiger partial charge in [-0.2, -0.15) is 0 Å². The second-order valence-electron chi connectivity index (χ2n) is 0. The molecule has 0 heterocycles. The van der Waals surface area contributed by atoms with Crippen molar-refractivity contribution in [3.63, 3.8) is 0 Å². The Morgan fingerprint density at radius 1 is 0.750 bits per heavy atom. The van der Waals surface area contributed by atoms with Crippen LogP contribution in [0.15, 0.2) is 0 Å². The van der Waals surface area contributed by atoms with Gasteiger partial charge in [-0.05, 0) is 0 Å². The van der Waals surface area contributed by atoms with Crippen LogP contribution >= 0.6 is 0 Å². The van der Waals surface area contributed by atoms with E-state index in [-0.39, 0.29) is 127 Å². The summed E-state index contributed by atoms with van der Waals surface area (Å²) in [6, 6.07) is 0. The van der Waals surface area contributed by atoms with Crippen LogP contribution in [0.25, 0.3) is 0 Å². The van der Waals surface area contributed by atoms with Crippen LogP contribution in [-0.2, 0) is 5.48 Å². The molecule has 0 saturated carbocycles. The van der Waals surface area contributed by atoms with E-state index in [1.165, 1.54) is 0 Å². The molecule has 0 aliphatic carbocycles. The van der Waals surface area contributed by atoms with Crippen LogP contribution in [0.2, 0.25) is 0 Å². The van der Waals surface area contributed by atoms with Crippen molar-refractivity contribution in [1.29, 1.82) is 0 Å². The quantitative estimate of drug-likeness (QED) is 0.377. The number of rotatable bonds is 0. The minimum absolute atomic E-state index is 0. The molecule has 0 rings (SSSR count). The first-order chi connectivity index (χ1) is 0. The van der Waals surface area contributed by atoms with Crippen LogP contribution in [-0.4, -0.2) is 5.48 Å². The van der Waals surface area contributed by atoms with Crippen molar-refractivity contribution < 1.29 is 127 Å². The van der Waals surface area contributed by atoms with E-state index in [1.54, 1.807) is 0 Å². The van der Waals surface area contributed by atoms with E-state index in [0.29, 0.717) is 0 Å².